The van der Waals surface area contributed by atoms with Crippen LogP contribution in [0, 0.1) is 0 Å². The molecule has 0 aliphatic heterocycles. The van der Waals surface area contributed by atoms with Crippen LogP contribution in [0.1, 0.15) is 38.2 Å². The lowest BCUT2D eigenvalue weighted by Crippen LogP contribution is -2.39. The summed E-state index contributed by atoms with van der Waals surface area (Å²) in [6.45, 7) is 3.10. The molecule has 1 saturated carbocycles. The highest BCUT2D eigenvalue weighted by Crippen LogP contribution is 2.42. The molecule has 2 rings (SSSR count). The number of hydrogen-bond donors (Lipinski definition) is 2. The van der Waals surface area contributed by atoms with E-state index in [1.54, 1.807) is 14.2 Å². The minimum absolute atomic E-state index is 0.518. The van der Waals surface area contributed by atoms with E-state index in [0.29, 0.717) is 11.8 Å². The van der Waals surface area contributed by atoms with Crippen molar-refractivity contribution in [2.24, 2.45) is 0 Å². The average Bonchev–Trinajstić information content (AvgIpc) is 2.49. The van der Waals surface area contributed by atoms with Gasteiger partial charge >= 0.3 is 0 Å². The van der Waals surface area contributed by atoms with Crippen LogP contribution in [-0.2, 0) is 5.60 Å². The van der Waals surface area contributed by atoms with E-state index >= 15 is 0 Å². The van der Waals surface area contributed by atoms with Gasteiger partial charge in [0, 0.05) is 17.7 Å². The van der Waals surface area contributed by atoms with Gasteiger partial charge in [0.2, 0.25) is 0 Å². The van der Waals surface area contributed by atoms with E-state index in [0.717, 1.165) is 43.5 Å². The van der Waals surface area contributed by atoms with E-state index in [-0.39, 0.29) is 0 Å². The summed E-state index contributed by atoms with van der Waals surface area (Å²) in [4.78, 5) is 0. The zero-order valence-electron chi connectivity index (χ0n) is 12.6. The minimum atomic E-state index is -0.788. The largest absolute Gasteiger partial charge is 0.497 e. The Hall–Kier alpha value is -1.26. The molecule has 0 amide bonds. The van der Waals surface area contributed by atoms with E-state index in [9.17, 15) is 5.11 Å². The average molecular weight is 279 g/mol. The van der Waals surface area contributed by atoms with Gasteiger partial charge in [0.15, 0.2) is 0 Å². The summed E-state index contributed by atoms with van der Waals surface area (Å²) < 4.78 is 10.6. The third-order valence-corrected chi connectivity index (χ3v) is 4.22. The molecule has 1 aliphatic carbocycles. The minimum Gasteiger partial charge on any atom is -0.497 e. The highest BCUT2D eigenvalue weighted by molar-refractivity contribution is 5.44. The highest BCUT2D eigenvalue weighted by Gasteiger charge is 2.36. The molecule has 0 unspecified atom stereocenters. The SMILES string of the molecule is CCNC1CCC(O)(c2ccc(OC)cc2OC)CC1. The van der Waals surface area contributed by atoms with Gasteiger partial charge in [0.05, 0.1) is 19.8 Å². The molecule has 1 aromatic rings. The van der Waals surface area contributed by atoms with E-state index in [4.69, 9.17) is 9.47 Å². The van der Waals surface area contributed by atoms with Crippen molar-refractivity contribution in [2.75, 3.05) is 20.8 Å². The number of aliphatic hydroxyl groups is 1. The molecule has 0 saturated heterocycles. The van der Waals surface area contributed by atoms with Crippen molar-refractivity contribution in [3.8, 4) is 11.5 Å². The zero-order valence-corrected chi connectivity index (χ0v) is 12.6. The van der Waals surface area contributed by atoms with E-state index < -0.39 is 5.60 Å². The molecule has 2 N–H and O–H groups in total. The quantitative estimate of drug-likeness (QED) is 0.869. The first kappa shape index (κ1) is 15.1. The highest BCUT2D eigenvalue weighted by atomic mass is 16.5. The second kappa shape index (κ2) is 6.46. The van der Waals surface area contributed by atoms with Crippen LogP contribution in [0.3, 0.4) is 0 Å². The maximum Gasteiger partial charge on any atom is 0.128 e. The fraction of sp³-hybridized carbons (Fsp3) is 0.625. The Kier molecular flexibility index (Phi) is 4.89. The number of benzene rings is 1. The Morgan fingerprint density at radius 1 is 1.25 bits per heavy atom. The molecule has 4 heteroatoms. The molecule has 0 atom stereocenters. The third kappa shape index (κ3) is 3.07. The van der Waals surface area contributed by atoms with E-state index in [2.05, 4.69) is 12.2 Å². The molecule has 0 bridgehead atoms. The van der Waals surface area contributed by atoms with Crippen LogP contribution in [0.4, 0.5) is 0 Å². The molecule has 112 valence electrons. The van der Waals surface area contributed by atoms with Gasteiger partial charge < -0.3 is 19.9 Å². The standard InChI is InChI=1S/C16H25NO3/c1-4-17-12-7-9-16(18,10-8-12)14-6-5-13(19-2)11-15(14)20-3/h5-6,11-12,17-18H,4,7-10H2,1-3H3. The van der Waals surface area contributed by atoms with Gasteiger partial charge in [-0.25, -0.2) is 0 Å². The maximum absolute atomic E-state index is 11.0. The fourth-order valence-corrected chi connectivity index (χ4v) is 3.04. The number of hydrogen-bond acceptors (Lipinski definition) is 4. The van der Waals surface area contributed by atoms with Gasteiger partial charge in [-0.2, -0.15) is 0 Å². The van der Waals surface area contributed by atoms with Gasteiger partial charge in [0.1, 0.15) is 11.5 Å². The Labute approximate surface area is 121 Å². The normalized spacial score (nSPS) is 26.3. The monoisotopic (exact) mass is 279 g/mol. The molecule has 1 aliphatic rings. The molecule has 20 heavy (non-hydrogen) atoms. The van der Waals surface area contributed by atoms with Crippen LogP contribution in [0.5, 0.6) is 11.5 Å². The van der Waals surface area contributed by atoms with Crippen molar-refractivity contribution in [1.29, 1.82) is 0 Å². The fourth-order valence-electron chi connectivity index (χ4n) is 3.04. The predicted molar refractivity (Wildman–Crippen MR) is 79.4 cm³/mol. The number of methoxy groups -OCH3 is 2. The van der Waals surface area contributed by atoms with Gasteiger partial charge in [-0.1, -0.05) is 6.92 Å². The van der Waals surface area contributed by atoms with Crippen molar-refractivity contribution in [3.63, 3.8) is 0 Å². The summed E-state index contributed by atoms with van der Waals surface area (Å²) in [6, 6.07) is 6.16. The number of rotatable bonds is 5. The number of ether oxygens (including phenoxy) is 2. The van der Waals surface area contributed by atoms with Crippen molar-refractivity contribution < 1.29 is 14.6 Å². The molecule has 0 spiro atoms. The molecular weight excluding hydrogens is 254 g/mol. The lowest BCUT2D eigenvalue weighted by molar-refractivity contribution is -0.0100. The summed E-state index contributed by atoms with van der Waals surface area (Å²) in [5.41, 5.74) is 0.0829. The Balaban J connectivity index is 2.18. The molecular formula is C16H25NO3. The van der Waals surface area contributed by atoms with Crippen molar-refractivity contribution >= 4 is 0 Å². The Bertz CT molecular complexity index is 439. The maximum atomic E-state index is 11.0. The lowest BCUT2D eigenvalue weighted by atomic mass is 9.77. The van der Waals surface area contributed by atoms with Gasteiger partial charge in [0.25, 0.3) is 0 Å². The topological polar surface area (TPSA) is 50.7 Å². The van der Waals surface area contributed by atoms with Crippen LogP contribution >= 0.6 is 0 Å². The first-order valence-corrected chi connectivity index (χ1v) is 7.31. The molecule has 0 aromatic heterocycles. The van der Waals surface area contributed by atoms with E-state index in [1.807, 2.05) is 18.2 Å². The third-order valence-electron chi connectivity index (χ3n) is 4.22. The first-order valence-electron chi connectivity index (χ1n) is 7.31. The van der Waals surface area contributed by atoms with Crippen molar-refractivity contribution in [3.05, 3.63) is 23.8 Å². The summed E-state index contributed by atoms with van der Waals surface area (Å²) in [5.74, 6) is 1.45. The summed E-state index contributed by atoms with van der Waals surface area (Å²) in [5, 5.41) is 14.4. The molecule has 1 fully saturated rings. The predicted octanol–water partition coefficient (Wildman–Crippen LogP) is 2.44. The van der Waals surface area contributed by atoms with Crippen LogP contribution in [0.2, 0.25) is 0 Å². The molecule has 0 heterocycles. The first-order chi connectivity index (χ1) is 9.62. The van der Waals surface area contributed by atoms with Crippen LogP contribution < -0.4 is 14.8 Å². The summed E-state index contributed by atoms with van der Waals surface area (Å²) >= 11 is 0. The van der Waals surface area contributed by atoms with Crippen LogP contribution in [0.25, 0.3) is 0 Å². The second-order valence-corrected chi connectivity index (χ2v) is 5.43. The summed E-state index contributed by atoms with van der Waals surface area (Å²) in [6.07, 6.45) is 3.49. The van der Waals surface area contributed by atoms with Gasteiger partial charge in [-0.05, 0) is 44.4 Å². The number of nitrogens with one attached hydrogen (secondary N) is 1. The van der Waals surface area contributed by atoms with Gasteiger partial charge in [-0.15, -0.1) is 0 Å². The molecule has 0 radical (unpaired) electrons. The smallest absolute Gasteiger partial charge is 0.128 e. The summed E-state index contributed by atoms with van der Waals surface area (Å²) in [7, 11) is 3.26. The van der Waals surface area contributed by atoms with Gasteiger partial charge in [-0.3, -0.25) is 0 Å². The molecule has 1 aromatic carbocycles. The van der Waals surface area contributed by atoms with Crippen LogP contribution in [0.15, 0.2) is 18.2 Å². The second-order valence-electron chi connectivity index (χ2n) is 5.43. The zero-order chi connectivity index (χ0) is 14.6. The van der Waals surface area contributed by atoms with Crippen LogP contribution in [-0.4, -0.2) is 31.9 Å². The lowest BCUT2D eigenvalue weighted by Gasteiger charge is -2.37. The Morgan fingerprint density at radius 3 is 2.50 bits per heavy atom. The Morgan fingerprint density at radius 2 is 1.95 bits per heavy atom. The van der Waals surface area contributed by atoms with Crippen molar-refractivity contribution in [1.82, 2.24) is 5.32 Å². The van der Waals surface area contributed by atoms with Crippen molar-refractivity contribution in [2.45, 2.75) is 44.2 Å². The molecule has 4 nitrogen and oxygen atoms in total. The van der Waals surface area contributed by atoms with E-state index in [1.165, 1.54) is 0 Å².